The number of amides is 3. The van der Waals surface area contributed by atoms with Crippen molar-refractivity contribution >= 4 is 11.9 Å². The van der Waals surface area contributed by atoms with Crippen molar-refractivity contribution in [1.82, 2.24) is 19.6 Å². The number of hydrogen-bond donors (Lipinski definition) is 0. The van der Waals surface area contributed by atoms with Gasteiger partial charge in [-0.2, -0.15) is 26.3 Å². The minimum atomic E-state index is -5.02. The van der Waals surface area contributed by atoms with Crippen LogP contribution >= 0.6 is 0 Å². The van der Waals surface area contributed by atoms with E-state index in [9.17, 15) is 40.3 Å². The number of urea groups is 1. The van der Waals surface area contributed by atoms with Crippen LogP contribution in [0, 0.1) is 12.7 Å². The molecule has 0 N–H and O–H groups in total. The molecule has 0 bridgehead atoms. The molecule has 3 fully saturated rings. The number of halogens is 7. The van der Waals surface area contributed by atoms with Gasteiger partial charge in [0.2, 0.25) is 5.91 Å². The predicted octanol–water partition coefficient (Wildman–Crippen LogP) is 6.80. The van der Waals surface area contributed by atoms with E-state index in [0.717, 1.165) is 30.8 Å². The molecule has 0 unspecified atom stereocenters. The highest BCUT2D eigenvalue weighted by atomic mass is 19.4. The van der Waals surface area contributed by atoms with E-state index in [1.54, 1.807) is 13.0 Å². The van der Waals surface area contributed by atoms with Crippen molar-refractivity contribution in [3.8, 4) is 0 Å². The molecule has 0 radical (unpaired) electrons. The second kappa shape index (κ2) is 11.9. The minimum Gasteiger partial charge on any atom is -0.337 e. The molecule has 3 heterocycles. The summed E-state index contributed by atoms with van der Waals surface area (Å²) < 4.78 is 95.2. The molecular weight excluding hydrogens is 593 g/mol. The summed E-state index contributed by atoms with van der Waals surface area (Å²) in [6.45, 7) is 5.47. The van der Waals surface area contributed by atoms with E-state index < -0.39 is 47.4 Å². The van der Waals surface area contributed by atoms with E-state index in [4.69, 9.17) is 0 Å². The summed E-state index contributed by atoms with van der Waals surface area (Å²) in [5, 5.41) is 0. The van der Waals surface area contributed by atoms with Crippen LogP contribution in [0.4, 0.5) is 35.5 Å². The van der Waals surface area contributed by atoms with Crippen LogP contribution in [0.5, 0.6) is 0 Å². The Balaban J connectivity index is 1.44. The molecule has 0 aliphatic carbocycles. The molecule has 44 heavy (non-hydrogen) atoms. The first-order valence-electron chi connectivity index (χ1n) is 14.7. The average Bonchev–Trinajstić information content (AvgIpc) is 3.45. The molecule has 2 aromatic carbocycles. The largest absolute Gasteiger partial charge is 0.416 e. The van der Waals surface area contributed by atoms with Gasteiger partial charge in [0.1, 0.15) is 5.82 Å². The van der Waals surface area contributed by atoms with Crippen molar-refractivity contribution in [2.24, 2.45) is 0 Å². The fourth-order valence-electron chi connectivity index (χ4n) is 6.85. The smallest absolute Gasteiger partial charge is 0.337 e. The lowest BCUT2D eigenvalue weighted by molar-refractivity contribution is -0.145. The number of alkyl halides is 6. The second-order valence-electron chi connectivity index (χ2n) is 12.0. The fourth-order valence-corrected chi connectivity index (χ4v) is 6.85. The Morgan fingerprint density at radius 3 is 2.18 bits per heavy atom. The summed E-state index contributed by atoms with van der Waals surface area (Å²) in [6.07, 6.45) is -7.48. The summed E-state index contributed by atoms with van der Waals surface area (Å²) in [5.41, 5.74) is -1.97. The van der Waals surface area contributed by atoms with Crippen molar-refractivity contribution in [3.05, 3.63) is 70.0 Å². The highest BCUT2D eigenvalue weighted by Crippen LogP contribution is 2.40. The van der Waals surface area contributed by atoms with Gasteiger partial charge in [-0.25, -0.2) is 9.18 Å². The molecule has 3 aliphatic rings. The highest BCUT2D eigenvalue weighted by Gasteiger charge is 2.44. The first-order valence-corrected chi connectivity index (χ1v) is 14.7. The lowest BCUT2D eigenvalue weighted by atomic mass is 9.88. The van der Waals surface area contributed by atoms with Crippen molar-refractivity contribution in [2.75, 3.05) is 33.2 Å². The number of rotatable bonds is 4. The van der Waals surface area contributed by atoms with Gasteiger partial charge in [-0.05, 0) is 93.1 Å². The van der Waals surface area contributed by atoms with Crippen LogP contribution in [0.3, 0.4) is 0 Å². The van der Waals surface area contributed by atoms with Gasteiger partial charge in [0.05, 0.1) is 29.3 Å². The molecule has 6 nitrogen and oxygen atoms in total. The number of benzene rings is 2. The molecule has 240 valence electrons. The van der Waals surface area contributed by atoms with Crippen LogP contribution in [0.25, 0.3) is 0 Å². The van der Waals surface area contributed by atoms with E-state index in [1.807, 2.05) is 4.90 Å². The Hall–Kier alpha value is -3.35. The molecule has 4 atom stereocenters. The summed E-state index contributed by atoms with van der Waals surface area (Å²) in [5.74, 6) is -0.399. The molecule has 0 spiro atoms. The Morgan fingerprint density at radius 2 is 1.57 bits per heavy atom. The summed E-state index contributed by atoms with van der Waals surface area (Å²) in [6, 6.07) is 2.85. The molecule has 0 saturated carbocycles. The molecule has 13 heteroatoms. The third kappa shape index (κ3) is 6.25. The number of hydrogen-bond acceptors (Lipinski definition) is 3. The summed E-state index contributed by atoms with van der Waals surface area (Å²) in [4.78, 5) is 34.1. The second-order valence-corrected chi connectivity index (χ2v) is 12.0. The summed E-state index contributed by atoms with van der Waals surface area (Å²) in [7, 11) is 1.34. The normalized spacial score (nSPS) is 24.0. The topological polar surface area (TPSA) is 47.1 Å². The Labute approximate surface area is 251 Å². The SMILES string of the molecule is Cc1cc(F)ccc1[C@H]1C[C@H](N2CCN3CCC[C@@H]3C2=O)CCN1C(=O)N(C)[C@@H](C)c1cc(C(F)(F)F)cc(C(F)(F)F)c1. The standard InChI is InChI=1S/C31H35F7N4O2/c1-18-13-23(32)6-7-25(18)27-17-24(41-12-11-40-9-4-5-26(40)28(41)43)8-10-42(27)29(44)39(3)19(2)20-14-21(30(33,34)35)16-22(15-20)31(36,37)38/h6-7,13-16,19,24,26-27H,4-5,8-12,17H2,1-3H3/t19-,24+,26+,27+/m0/s1. The quantitative estimate of drug-likeness (QED) is 0.350. The molecular formula is C31H35F7N4O2. The number of piperidine rings is 1. The van der Waals surface area contributed by atoms with Crippen LogP contribution in [-0.4, -0.2) is 76.8 Å². The van der Waals surface area contributed by atoms with Crippen molar-refractivity contribution < 1.29 is 40.3 Å². The Kier molecular flexibility index (Phi) is 8.65. The number of carbonyl (C=O) groups is 2. The van der Waals surface area contributed by atoms with Gasteiger partial charge in [0, 0.05) is 32.7 Å². The van der Waals surface area contributed by atoms with Crippen LogP contribution < -0.4 is 0 Å². The van der Waals surface area contributed by atoms with Crippen molar-refractivity contribution in [3.63, 3.8) is 0 Å². The number of nitrogens with zero attached hydrogens (tertiary/aromatic N) is 4. The highest BCUT2D eigenvalue weighted by molar-refractivity contribution is 5.83. The van der Waals surface area contributed by atoms with E-state index >= 15 is 0 Å². The van der Waals surface area contributed by atoms with Gasteiger partial charge in [0.15, 0.2) is 0 Å². The number of fused-ring (bicyclic) bond motifs is 1. The Bertz CT molecular complexity index is 1380. The zero-order valence-corrected chi connectivity index (χ0v) is 24.7. The van der Waals surface area contributed by atoms with Crippen LogP contribution in [0.15, 0.2) is 36.4 Å². The summed E-state index contributed by atoms with van der Waals surface area (Å²) >= 11 is 0. The first kappa shape index (κ1) is 32.1. The molecule has 3 saturated heterocycles. The van der Waals surface area contributed by atoms with E-state index in [-0.39, 0.29) is 36.2 Å². The number of likely N-dealkylation sites (tertiary alicyclic amines) is 1. The van der Waals surface area contributed by atoms with Crippen LogP contribution in [0.1, 0.15) is 72.5 Å². The lowest BCUT2D eigenvalue weighted by Crippen LogP contribution is -2.60. The van der Waals surface area contributed by atoms with E-state index in [0.29, 0.717) is 42.6 Å². The van der Waals surface area contributed by atoms with Gasteiger partial charge in [-0.1, -0.05) is 6.07 Å². The molecule has 3 aliphatic heterocycles. The van der Waals surface area contributed by atoms with Crippen molar-refractivity contribution in [2.45, 2.75) is 76.1 Å². The first-order chi connectivity index (χ1) is 20.6. The minimum absolute atomic E-state index is 0.0584. The molecule has 3 amide bonds. The molecule has 2 aromatic rings. The van der Waals surface area contributed by atoms with Crippen LogP contribution in [0.2, 0.25) is 0 Å². The predicted molar refractivity (Wildman–Crippen MR) is 148 cm³/mol. The number of aryl methyl sites for hydroxylation is 1. The van der Waals surface area contributed by atoms with E-state index in [1.165, 1.54) is 31.0 Å². The van der Waals surface area contributed by atoms with Gasteiger partial charge in [-0.15, -0.1) is 0 Å². The monoisotopic (exact) mass is 628 g/mol. The number of piperazine rings is 1. The molecule has 5 rings (SSSR count). The third-order valence-corrected chi connectivity index (χ3v) is 9.39. The van der Waals surface area contributed by atoms with Gasteiger partial charge >= 0.3 is 18.4 Å². The van der Waals surface area contributed by atoms with Gasteiger partial charge in [0.25, 0.3) is 0 Å². The average molecular weight is 629 g/mol. The van der Waals surface area contributed by atoms with E-state index in [2.05, 4.69) is 4.90 Å². The third-order valence-electron chi connectivity index (χ3n) is 9.39. The van der Waals surface area contributed by atoms with Crippen molar-refractivity contribution in [1.29, 1.82) is 0 Å². The zero-order chi connectivity index (χ0) is 32.1. The zero-order valence-electron chi connectivity index (χ0n) is 24.7. The lowest BCUT2D eigenvalue weighted by Gasteiger charge is -2.48. The molecule has 0 aromatic heterocycles. The van der Waals surface area contributed by atoms with Gasteiger partial charge in [-0.3, -0.25) is 9.69 Å². The maximum Gasteiger partial charge on any atom is 0.416 e. The number of carbonyl (C=O) groups excluding carboxylic acids is 2. The van der Waals surface area contributed by atoms with Crippen LogP contribution in [-0.2, 0) is 17.1 Å². The Morgan fingerprint density at radius 1 is 0.909 bits per heavy atom. The maximum absolute atomic E-state index is 14.1. The maximum atomic E-state index is 14.1. The fraction of sp³-hybridized carbons (Fsp3) is 0.548. The van der Waals surface area contributed by atoms with Gasteiger partial charge < -0.3 is 14.7 Å².